The van der Waals surface area contributed by atoms with E-state index in [0.717, 1.165) is 10.0 Å². The zero-order valence-corrected chi connectivity index (χ0v) is 12.1. The molecule has 0 aromatic heterocycles. The number of amides is 1. The molecule has 0 spiro atoms. The topological polar surface area (TPSA) is 46.3 Å². The van der Waals surface area contributed by atoms with Gasteiger partial charge in [-0.05, 0) is 38.6 Å². The van der Waals surface area contributed by atoms with Gasteiger partial charge in [-0.15, -0.1) is 0 Å². The fourth-order valence-corrected chi connectivity index (χ4v) is 1.82. The summed E-state index contributed by atoms with van der Waals surface area (Å²) in [4.78, 5) is 13.6. The minimum absolute atomic E-state index is 0.254. The number of benzene rings is 1. The third-order valence-corrected chi connectivity index (χ3v) is 3.50. The van der Waals surface area contributed by atoms with Crippen LogP contribution in [-0.2, 0) is 4.79 Å². The fourth-order valence-electron chi connectivity index (χ4n) is 1.55. The zero-order chi connectivity index (χ0) is 13.0. The van der Waals surface area contributed by atoms with Gasteiger partial charge in [-0.25, -0.2) is 0 Å². The van der Waals surface area contributed by atoms with Gasteiger partial charge in [0.15, 0.2) is 0 Å². The molecule has 1 atom stereocenters. The van der Waals surface area contributed by atoms with Crippen LogP contribution in [0.3, 0.4) is 0 Å². The summed E-state index contributed by atoms with van der Waals surface area (Å²) >= 11 is 3.38. The van der Waals surface area contributed by atoms with Gasteiger partial charge in [-0.2, -0.15) is 0 Å². The molecule has 94 valence electrons. The molecule has 0 aliphatic carbocycles. The van der Waals surface area contributed by atoms with E-state index in [9.17, 15) is 4.79 Å². The molecule has 0 aliphatic rings. The molecule has 0 saturated heterocycles. The Bertz CT molecular complexity index is 376. The van der Waals surface area contributed by atoms with Gasteiger partial charge < -0.3 is 10.6 Å². The van der Waals surface area contributed by atoms with Gasteiger partial charge in [0.2, 0.25) is 5.91 Å². The van der Waals surface area contributed by atoms with Crippen LogP contribution in [0, 0.1) is 0 Å². The average Bonchev–Trinajstić information content (AvgIpc) is 2.26. The second-order valence-corrected chi connectivity index (χ2v) is 5.46. The van der Waals surface area contributed by atoms with Crippen molar-refractivity contribution in [1.82, 2.24) is 4.90 Å². The van der Waals surface area contributed by atoms with E-state index in [4.69, 9.17) is 5.73 Å². The largest absolute Gasteiger partial charge is 0.369 e. The summed E-state index contributed by atoms with van der Waals surface area (Å²) in [6.45, 7) is 4.84. The van der Waals surface area contributed by atoms with E-state index in [1.165, 1.54) is 0 Å². The molecule has 1 rings (SSSR count). The van der Waals surface area contributed by atoms with Crippen LogP contribution in [0.5, 0.6) is 0 Å². The van der Waals surface area contributed by atoms with E-state index in [-0.39, 0.29) is 11.8 Å². The molecule has 3 nitrogen and oxygen atoms in total. The molecule has 17 heavy (non-hydrogen) atoms. The first-order valence-electron chi connectivity index (χ1n) is 5.67. The van der Waals surface area contributed by atoms with Crippen molar-refractivity contribution < 1.29 is 4.79 Å². The Morgan fingerprint density at radius 2 is 1.88 bits per heavy atom. The summed E-state index contributed by atoms with van der Waals surface area (Å²) in [5.74, 6) is -0.532. The summed E-state index contributed by atoms with van der Waals surface area (Å²) in [6, 6.07) is 8.13. The molecule has 0 fully saturated rings. The third-order valence-electron chi connectivity index (χ3n) is 2.97. The van der Waals surface area contributed by atoms with E-state index < -0.39 is 0 Å². The SMILES string of the molecule is CC(C)N(C)C[C@@H](C(N)=O)c1ccc(Br)cc1. The average molecular weight is 299 g/mol. The highest BCUT2D eigenvalue weighted by Crippen LogP contribution is 2.20. The van der Waals surface area contributed by atoms with Crippen molar-refractivity contribution >= 4 is 21.8 Å². The molecular weight excluding hydrogens is 280 g/mol. The van der Waals surface area contributed by atoms with Crippen LogP contribution in [0.15, 0.2) is 28.7 Å². The van der Waals surface area contributed by atoms with Gasteiger partial charge in [0, 0.05) is 17.1 Å². The molecule has 1 aromatic carbocycles. The van der Waals surface area contributed by atoms with Crippen molar-refractivity contribution in [2.75, 3.05) is 13.6 Å². The molecular formula is C13H19BrN2O. The molecule has 2 N–H and O–H groups in total. The Morgan fingerprint density at radius 1 is 1.35 bits per heavy atom. The van der Waals surface area contributed by atoms with E-state index in [1.54, 1.807) is 0 Å². The summed E-state index contributed by atoms with van der Waals surface area (Å²) in [5, 5.41) is 0. The highest BCUT2D eigenvalue weighted by atomic mass is 79.9. The Hall–Kier alpha value is -0.870. The smallest absolute Gasteiger partial charge is 0.226 e. The fraction of sp³-hybridized carbons (Fsp3) is 0.462. The molecule has 0 radical (unpaired) electrons. The number of rotatable bonds is 5. The van der Waals surface area contributed by atoms with E-state index in [2.05, 4.69) is 34.7 Å². The molecule has 0 saturated carbocycles. The van der Waals surface area contributed by atoms with Crippen LogP contribution in [0.1, 0.15) is 25.3 Å². The van der Waals surface area contributed by atoms with Gasteiger partial charge >= 0.3 is 0 Å². The second kappa shape index (κ2) is 6.17. The lowest BCUT2D eigenvalue weighted by atomic mass is 9.97. The normalized spacial score (nSPS) is 13.1. The summed E-state index contributed by atoms with van der Waals surface area (Å²) in [7, 11) is 2.00. The highest BCUT2D eigenvalue weighted by molar-refractivity contribution is 9.10. The second-order valence-electron chi connectivity index (χ2n) is 4.54. The predicted octanol–water partition coefficient (Wildman–Crippen LogP) is 2.36. The van der Waals surface area contributed by atoms with Gasteiger partial charge in [0.1, 0.15) is 0 Å². The van der Waals surface area contributed by atoms with E-state index >= 15 is 0 Å². The summed E-state index contributed by atoms with van der Waals surface area (Å²) < 4.78 is 1.00. The highest BCUT2D eigenvalue weighted by Gasteiger charge is 2.20. The number of hydrogen-bond donors (Lipinski definition) is 1. The van der Waals surface area contributed by atoms with Gasteiger partial charge in [-0.3, -0.25) is 4.79 Å². The molecule has 0 aliphatic heterocycles. The lowest BCUT2D eigenvalue weighted by Crippen LogP contribution is -2.36. The number of carbonyl (C=O) groups is 1. The van der Waals surface area contributed by atoms with Gasteiger partial charge in [-0.1, -0.05) is 28.1 Å². The Kier molecular flexibility index (Phi) is 5.15. The predicted molar refractivity (Wildman–Crippen MR) is 73.8 cm³/mol. The number of nitrogens with two attached hydrogens (primary N) is 1. The standard InChI is InChI=1S/C13H19BrN2O/c1-9(2)16(3)8-12(13(15)17)10-4-6-11(14)7-5-10/h4-7,9,12H,8H2,1-3H3,(H2,15,17)/t12-/m1/s1. The lowest BCUT2D eigenvalue weighted by molar-refractivity contribution is -0.119. The molecule has 0 unspecified atom stereocenters. The third kappa shape index (κ3) is 4.13. The molecule has 0 heterocycles. The van der Waals surface area contributed by atoms with Crippen LogP contribution in [-0.4, -0.2) is 30.4 Å². The number of likely N-dealkylation sites (N-methyl/N-ethyl adjacent to an activating group) is 1. The van der Waals surface area contributed by atoms with Crippen LogP contribution in [0.2, 0.25) is 0 Å². The molecule has 1 amide bonds. The number of hydrogen-bond acceptors (Lipinski definition) is 2. The maximum atomic E-state index is 11.5. The Labute approximate surface area is 111 Å². The van der Waals surface area contributed by atoms with E-state index in [0.29, 0.717) is 12.6 Å². The van der Waals surface area contributed by atoms with Gasteiger partial charge in [0.05, 0.1) is 5.92 Å². The van der Waals surface area contributed by atoms with Crippen LogP contribution in [0.25, 0.3) is 0 Å². The van der Waals surface area contributed by atoms with Crippen molar-refractivity contribution in [3.63, 3.8) is 0 Å². The minimum Gasteiger partial charge on any atom is -0.369 e. The zero-order valence-electron chi connectivity index (χ0n) is 10.5. The van der Waals surface area contributed by atoms with Crippen molar-refractivity contribution in [2.45, 2.75) is 25.8 Å². The first kappa shape index (κ1) is 14.2. The van der Waals surface area contributed by atoms with Crippen molar-refractivity contribution in [3.05, 3.63) is 34.3 Å². The Balaban J connectivity index is 2.86. The molecule has 0 bridgehead atoms. The van der Waals surface area contributed by atoms with Crippen LogP contribution < -0.4 is 5.73 Å². The number of carbonyl (C=O) groups excluding carboxylic acids is 1. The number of nitrogens with zero attached hydrogens (tertiary/aromatic N) is 1. The van der Waals surface area contributed by atoms with Crippen LogP contribution >= 0.6 is 15.9 Å². The van der Waals surface area contributed by atoms with Crippen LogP contribution in [0.4, 0.5) is 0 Å². The summed E-state index contributed by atoms with van der Waals surface area (Å²) in [5.41, 5.74) is 6.44. The van der Waals surface area contributed by atoms with Crippen molar-refractivity contribution in [2.24, 2.45) is 5.73 Å². The van der Waals surface area contributed by atoms with Gasteiger partial charge in [0.25, 0.3) is 0 Å². The minimum atomic E-state index is -0.278. The monoisotopic (exact) mass is 298 g/mol. The maximum Gasteiger partial charge on any atom is 0.226 e. The van der Waals surface area contributed by atoms with Crippen molar-refractivity contribution in [3.8, 4) is 0 Å². The lowest BCUT2D eigenvalue weighted by Gasteiger charge is -2.25. The number of halogens is 1. The molecule has 1 aromatic rings. The summed E-state index contributed by atoms with van der Waals surface area (Å²) in [6.07, 6.45) is 0. The first-order chi connectivity index (χ1) is 7.91. The van der Waals surface area contributed by atoms with E-state index in [1.807, 2.05) is 31.3 Å². The molecule has 4 heteroatoms. The Morgan fingerprint density at radius 3 is 2.29 bits per heavy atom. The quantitative estimate of drug-likeness (QED) is 0.907. The maximum absolute atomic E-state index is 11.5. The number of primary amides is 1. The van der Waals surface area contributed by atoms with Crippen molar-refractivity contribution in [1.29, 1.82) is 0 Å². The first-order valence-corrected chi connectivity index (χ1v) is 6.46.